The first-order chi connectivity index (χ1) is 13.8. The number of rotatable bonds is 11. The zero-order valence-corrected chi connectivity index (χ0v) is 18.0. The van der Waals surface area contributed by atoms with Crippen LogP contribution in [0.2, 0.25) is 0 Å². The lowest BCUT2D eigenvalue weighted by Crippen LogP contribution is -2.27. The van der Waals surface area contributed by atoms with Crippen molar-refractivity contribution < 1.29 is 22.7 Å². The fourth-order valence-corrected chi connectivity index (χ4v) is 4.31. The van der Waals surface area contributed by atoms with Gasteiger partial charge in [-0.05, 0) is 42.9 Å². The first-order valence-electron chi connectivity index (χ1n) is 11.2. The van der Waals surface area contributed by atoms with Crippen LogP contribution in [0.3, 0.4) is 0 Å². The molecule has 1 saturated carbocycles. The van der Waals surface area contributed by atoms with E-state index in [1.54, 1.807) is 6.92 Å². The van der Waals surface area contributed by atoms with Crippen molar-refractivity contribution in [2.45, 2.75) is 97.5 Å². The van der Waals surface area contributed by atoms with E-state index in [-0.39, 0.29) is 23.3 Å². The molecular formula is C24H35F3O2. The van der Waals surface area contributed by atoms with Crippen LogP contribution in [0.1, 0.15) is 100 Å². The lowest BCUT2D eigenvalue weighted by Gasteiger charge is -2.29. The van der Waals surface area contributed by atoms with Gasteiger partial charge in [0.2, 0.25) is 0 Å². The van der Waals surface area contributed by atoms with Crippen LogP contribution in [-0.2, 0) is 0 Å². The number of unbranched alkanes of at least 4 members (excludes halogenated alkanes) is 2. The van der Waals surface area contributed by atoms with E-state index in [0.29, 0.717) is 12.3 Å². The van der Waals surface area contributed by atoms with E-state index in [1.165, 1.54) is 38.7 Å². The summed E-state index contributed by atoms with van der Waals surface area (Å²) in [5, 5.41) is 0. The normalized spacial score (nSPS) is 19.9. The summed E-state index contributed by atoms with van der Waals surface area (Å²) in [5.41, 5.74) is 0.280. The standard InChI is InChI=1S/C24H35F3O2/c1-4-6-7-8-18-9-11-19(12-10-18)15-16-24(26,27)29-22-14-13-20(21(28)5-2)17(3)23(22)25/h13-14,18-19H,4-12,15-16H2,1-3H3. The maximum atomic E-state index is 14.4. The van der Waals surface area contributed by atoms with E-state index in [2.05, 4.69) is 6.92 Å². The highest BCUT2D eigenvalue weighted by atomic mass is 19.3. The molecule has 0 amide bonds. The summed E-state index contributed by atoms with van der Waals surface area (Å²) in [4.78, 5) is 11.8. The molecule has 1 aliphatic rings. The number of halogens is 3. The van der Waals surface area contributed by atoms with Crippen LogP contribution >= 0.6 is 0 Å². The summed E-state index contributed by atoms with van der Waals surface area (Å²) >= 11 is 0. The Morgan fingerprint density at radius 2 is 1.69 bits per heavy atom. The summed E-state index contributed by atoms with van der Waals surface area (Å²) in [6.07, 6.45) is 6.06. The largest absolute Gasteiger partial charge is 0.429 e. The fraction of sp³-hybridized carbons (Fsp3) is 0.708. The Hall–Kier alpha value is -1.52. The van der Waals surface area contributed by atoms with E-state index in [0.717, 1.165) is 37.7 Å². The molecule has 0 atom stereocenters. The molecule has 0 unspecified atom stereocenters. The van der Waals surface area contributed by atoms with Gasteiger partial charge in [0.05, 0.1) is 6.42 Å². The maximum Gasteiger partial charge on any atom is 0.397 e. The van der Waals surface area contributed by atoms with Gasteiger partial charge in [0.15, 0.2) is 17.3 Å². The number of Topliss-reactive ketones (excluding diaryl/α,β-unsaturated/α-hetero) is 1. The minimum Gasteiger partial charge on any atom is -0.429 e. The number of benzene rings is 1. The molecule has 1 aromatic rings. The fourth-order valence-electron chi connectivity index (χ4n) is 4.31. The number of ketones is 1. The average molecular weight is 413 g/mol. The number of carbonyl (C=O) groups is 1. The number of hydrogen-bond acceptors (Lipinski definition) is 2. The number of hydrogen-bond donors (Lipinski definition) is 0. The van der Waals surface area contributed by atoms with Crippen molar-refractivity contribution in [3.8, 4) is 5.75 Å². The van der Waals surface area contributed by atoms with Gasteiger partial charge in [-0.1, -0.05) is 65.2 Å². The van der Waals surface area contributed by atoms with Crippen LogP contribution in [0.15, 0.2) is 12.1 Å². The zero-order chi connectivity index (χ0) is 21.4. The molecule has 0 saturated heterocycles. The van der Waals surface area contributed by atoms with Gasteiger partial charge >= 0.3 is 6.11 Å². The Morgan fingerprint density at radius 3 is 2.28 bits per heavy atom. The third-order valence-corrected chi connectivity index (χ3v) is 6.26. The number of ether oxygens (including phenoxy) is 1. The van der Waals surface area contributed by atoms with Gasteiger partial charge in [-0.15, -0.1) is 0 Å². The molecule has 0 radical (unpaired) electrons. The lowest BCUT2D eigenvalue weighted by molar-refractivity contribution is -0.184. The molecule has 5 heteroatoms. The second kappa shape index (κ2) is 11.0. The summed E-state index contributed by atoms with van der Waals surface area (Å²) < 4.78 is 47.8. The molecule has 0 heterocycles. The van der Waals surface area contributed by atoms with Crippen LogP contribution in [-0.4, -0.2) is 11.9 Å². The third kappa shape index (κ3) is 7.04. The highest BCUT2D eigenvalue weighted by Crippen LogP contribution is 2.37. The average Bonchev–Trinajstić information content (AvgIpc) is 2.70. The quantitative estimate of drug-likeness (QED) is 0.273. The minimum absolute atomic E-state index is 0.0616. The lowest BCUT2D eigenvalue weighted by atomic mass is 9.78. The van der Waals surface area contributed by atoms with Crippen LogP contribution in [0.5, 0.6) is 5.75 Å². The van der Waals surface area contributed by atoms with E-state index >= 15 is 0 Å². The molecule has 29 heavy (non-hydrogen) atoms. The molecule has 2 rings (SSSR count). The van der Waals surface area contributed by atoms with Gasteiger partial charge in [0.25, 0.3) is 0 Å². The number of alkyl halides is 2. The van der Waals surface area contributed by atoms with Crippen LogP contribution < -0.4 is 4.74 Å². The molecule has 1 fully saturated rings. The molecule has 0 spiro atoms. The van der Waals surface area contributed by atoms with Crippen molar-refractivity contribution in [3.63, 3.8) is 0 Å². The minimum atomic E-state index is -3.42. The molecule has 0 aliphatic heterocycles. The van der Waals surface area contributed by atoms with Gasteiger partial charge in [0, 0.05) is 12.0 Å². The molecule has 0 N–H and O–H groups in total. The molecule has 2 nitrogen and oxygen atoms in total. The van der Waals surface area contributed by atoms with E-state index in [4.69, 9.17) is 4.74 Å². The summed E-state index contributed by atoms with van der Waals surface area (Å²) in [7, 11) is 0. The Morgan fingerprint density at radius 1 is 1.07 bits per heavy atom. The van der Waals surface area contributed by atoms with Crippen LogP contribution in [0.4, 0.5) is 13.2 Å². The van der Waals surface area contributed by atoms with Gasteiger partial charge in [-0.3, -0.25) is 4.79 Å². The summed E-state index contributed by atoms with van der Waals surface area (Å²) in [6, 6.07) is 2.51. The molecule has 1 aromatic carbocycles. The van der Waals surface area contributed by atoms with Gasteiger partial charge in [-0.25, -0.2) is 4.39 Å². The monoisotopic (exact) mass is 412 g/mol. The SMILES string of the molecule is CCCCCC1CCC(CCC(F)(F)Oc2ccc(C(=O)CC)c(C)c2F)CC1. The third-order valence-electron chi connectivity index (χ3n) is 6.26. The van der Waals surface area contributed by atoms with Crippen LogP contribution in [0, 0.1) is 24.6 Å². The van der Waals surface area contributed by atoms with Crippen molar-refractivity contribution in [3.05, 3.63) is 29.1 Å². The Kier molecular flexibility index (Phi) is 9.04. The van der Waals surface area contributed by atoms with Crippen molar-refractivity contribution in [1.29, 1.82) is 0 Å². The van der Waals surface area contributed by atoms with Gasteiger partial charge in [-0.2, -0.15) is 8.78 Å². The van der Waals surface area contributed by atoms with Crippen molar-refractivity contribution in [2.75, 3.05) is 0 Å². The topological polar surface area (TPSA) is 26.3 Å². The second-order valence-corrected chi connectivity index (χ2v) is 8.49. The molecule has 0 bridgehead atoms. The summed E-state index contributed by atoms with van der Waals surface area (Å²) in [5.74, 6) is -0.541. The Balaban J connectivity index is 1.85. The van der Waals surface area contributed by atoms with Crippen molar-refractivity contribution in [2.24, 2.45) is 11.8 Å². The summed E-state index contributed by atoms with van der Waals surface area (Å²) in [6.45, 7) is 5.30. The molecule has 0 aromatic heterocycles. The highest BCUT2D eigenvalue weighted by Gasteiger charge is 2.34. The van der Waals surface area contributed by atoms with E-state index < -0.39 is 24.1 Å². The molecule has 164 valence electrons. The van der Waals surface area contributed by atoms with Crippen molar-refractivity contribution in [1.82, 2.24) is 0 Å². The number of carbonyl (C=O) groups excluding carboxylic acids is 1. The Bertz CT molecular complexity index is 664. The maximum absolute atomic E-state index is 14.4. The predicted octanol–water partition coefficient (Wildman–Crippen LogP) is 7.87. The first kappa shape index (κ1) is 23.8. The smallest absolute Gasteiger partial charge is 0.397 e. The van der Waals surface area contributed by atoms with Crippen LogP contribution in [0.25, 0.3) is 0 Å². The second-order valence-electron chi connectivity index (χ2n) is 8.49. The molecular weight excluding hydrogens is 377 g/mol. The zero-order valence-electron chi connectivity index (χ0n) is 18.0. The van der Waals surface area contributed by atoms with E-state index in [9.17, 15) is 18.0 Å². The highest BCUT2D eigenvalue weighted by molar-refractivity contribution is 5.97. The molecule has 1 aliphatic carbocycles. The predicted molar refractivity (Wildman–Crippen MR) is 110 cm³/mol. The van der Waals surface area contributed by atoms with Crippen molar-refractivity contribution >= 4 is 5.78 Å². The Labute approximate surface area is 173 Å². The van der Waals surface area contributed by atoms with Gasteiger partial charge in [0.1, 0.15) is 0 Å². The van der Waals surface area contributed by atoms with Gasteiger partial charge < -0.3 is 4.74 Å². The first-order valence-corrected chi connectivity index (χ1v) is 11.2. The van der Waals surface area contributed by atoms with E-state index in [1.807, 2.05) is 0 Å².